The molecule has 20 heavy (non-hydrogen) atoms. The summed E-state index contributed by atoms with van der Waals surface area (Å²) in [5.74, 6) is -1.16. The molecule has 0 saturated carbocycles. The predicted octanol–water partition coefficient (Wildman–Crippen LogP) is 1.92. The van der Waals surface area contributed by atoms with Crippen LogP contribution in [0.1, 0.15) is 15.9 Å². The van der Waals surface area contributed by atoms with Gasteiger partial charge in [0.25, 0.3) is 5.56 Å². The summed E-state index contributed by atoms with van der Waals surface area (Å²) < 4.78 is 0. The lowest BCUT2D eigenvalue weighted by atomic mass is 10.1. The summed E-state index contributed by atoms with van der Waals surface area (Å²) in [5.41, 5.74) is 2.09. The molecule has 3 N–H and O–H groups in total. The van der Waals surface area contributed by atoms with Crippen LogP contribution >= 0.6 is 0 Å². The smallest absolute Gasteiger partial charge is 0.336 e. The number of nitrogens with zero attached hydrogens (tertiary/aromatic N) is 1. The van der Waals surface area contributed by atoms with Crippen LogP contribution in [0, 0.1) is 6.92 Å². The number of H-pyrrole nitrogens is 2. The first-order valence-corrected chi connectivity index (χ1v) is 5.98. The van der Waals surface area contributed by atoms with Crippen LogP contribution in [0.15, 0.2) is 35.1 Å². The number of pyridine rings is 1. The first-order chi connectivity index (χ1) is 9.56. The van der Waals surface area contributed by atoms with E-state index in [1.807, 2.05) is 31.2 Å². The minimum absolute atomic E-state index is 0.0620. The Kier molecular flexibility index (Phi) is 2.64. The van der Waals surface area contributed by atoms with Crippen molar-refractivity contribution in [3.8, 4) is 11.3 Å². The lowest BCUT2D eigenvalue weighted by Crippen LogP contribution is -2.06. The monoisotopic (exact) mass is 269 g/mol. The molecule has 6 nitrogen and oxygen atoms in total. The van der Waals surface area contributed by atoms with Gasteiger partial charge in [0.1, 0.15) is 0 Å². The van der Waals surface area contributed by atoms with Crippen LogP contribution in [0.2, 0.25) is 0 Å². The van der Waals surface area contributed by atoms with Gasteiger partial charge in [-0.3, -0.25) is 15.0 Å². The summed E-state index contributed by atoms with van der Waals surface area (Å²) in [6.07, 6.45) is 0. The number of aromatic nitrogens is 3. The molecular formula is C14H11N3O3. The summed E-state index contributed by atoms with van der Waals surface area (Å²) in [7, 11) is 0. The van der Waals surface area contributed by atoms with E-state index in [-0.39, 0.29) is 16.6 Å². The van der Waals surface area contributed by atoms with E-state index in [0.29, 0.717) is 5.69 Å². The summed E-state index contributed by atoms with van der Waals surface area (Å²) in [4.78, 5) is 27.2. The van der Waals surface area contributed by atoms with E-state index in [4.69, 9.17) is 0 Å². The lowest BCUT2D eigenvalue weighted by Gasteiger charge is -2.04. The lowest BCUT2D eigenvalue weighted by molar-refractivity contribution is 0.0699. The van der Waals surface area contributed by atoms with E-state index in [2.05, 4.69) is 15.2 Å². The molecule has 0 unspecified atom stereocenters. The number of aromatic amines is 2. The molecule has 0 atom stereocenters. The van der Waals surface area contributed by atoms with Gasteiger partial charge in [0.2, 0.25) is 0 Å². The van der Waals surface area contributed by atoms with Gasteiger partial charge < -0.3 is 5.11 Å². The fraction of sp³-hybridized carbons (Fsp3) is 0.0714. The van der Waals surface area contributed by atoms with E-state index in [1.165, 1.54) is 6.07 Å². The van der Waals surface area contributed by atoms with Crippen molar-refractivity contribution in [3.63, 3.8) is 0 Å². The van der Waals surface area contributed by atoms with Gasteiger partial charge in [0, 0.05) is 5.56 Å². The van der Waals surface area contributed by atoms with Crippen molar-refractivity contribution < 1.29 is 9.90 Å². The maximum Gasteiger partial charge on any atom is 0.336 e. The summed E-state index contributed by atoms with van der Waals surface area (Å²) in [6, 6.07) is 8.97. The molecule has 0 bridgehead atoms. The van der Waals surface area contributed by atoms with Crippen LogP contribution in [0.25, 0.3) is 22.3 Å². The average molecular weight is 269 g/mol. The minimum atomic E-state index is -1.16. The molecule has 0 saturated heterocycles. The third-order valence-corrected chi connectivity index (χ3v) is 3.12. The average Bonchev–Trinajstić information content (AvgIpc) is 2.80. The molecule has 0 amide bonds. The van der Waals surface area contributed by atoms with Crippen molar-refractivity contribution in [2.24, 2.45) is 0 Å². The third-order valence-electron chi connectivity index (χ3n) is 3.12. The Morgan fingerprint density at radius 3 is 2.55 bits per heavy atom. The Labute approximate surface area is 113 Å². The fourth-order valence-electron chi connectivity index (χ4n) is 2.08. The van der Waals surface area contributed by atoms with Crippen LogP contribution in [-0.2, 0) is 0 Å². The number of carboxylic acids is 1. The predicted molar refractivity (Wildman–Crippen MR) is 73.8 cm³/mol. The molecular weight excluding hydrogens is 258 g/mol. The number of carbonyl (C=O) groups is 1. The molecule has 3 aromatic rings. The quantitative estimate of drug-likeness (QED) is 0.661. The van der Waals surface area contributed by atoms with Gasteiger partial charge in [-0.15, -0.1) is 0 Å². The summed E-state index contributed by atoms with van der Waals surface area (Å²) in [6.45, 7) is 1.97. The van der Waals surface area contributed by atoms with E-state index < -0.39 is 11.5 Å². The van der Waals surface area contributed by atoms with E-state index in [9.17, 15) is 14.7 Å². The van der Waals surface area contributed by atoms with Gasteiger partial charge >= 0.3 is 5.97 Å². The maximum atomic E-state index is 11.6. The minimum Gasteiger partial charge on any atom is -0.478 e. The first kappa shape index (κ1) is 12.2. The number of fused-ring (bicyclic) bond motifs is 1. The Balaban J connectivity index is 2.30. The molecule has 0 aliphatic carbocycles. The van der Waals surface area contributed by atoms with Gasteiger partial charge in [-0.25, -0.2) is 9.78 Å². The number of benzene rings is 1. The topological polar surface area (TPSA) is 98.8 Å². The molecule has 100 valence electrons. The number of rotatable bonds is 2. The van der Waals surface area contributed by atoms with Gasteiger partial charge in [0.15, 0.2) is 5.65 Å². The highest BCUT2D eigenvalue weighted by molar-refractivity contribution is 6.02. The maximum absolute atomic E-state index is 11.6. The number of carboxylic acid groups (broad SMARTS) is 1. The van der Waals surface area contributed by atoms with Crippen LogP contribution < -0.4 is 5.56 Å². The van der Waals surface area contributed by atoms with Crippen molar-refractivity contribution in [2.75, 3.05) is 0 Å². The zero-order valence-electron chi connectivity index (χ0n) is 10.6. The molecule has 2 aromatic heterocycles. The van der Waals surface area contributed by atoms with E-state index in [0.717, 1.165) is 11.1 Å². The molecule has 0 fully saturated rings. The van der Waals surface area contributed by atoms with Gasteiger partial charge in [-0.2, -0.15) is 0 Å². The Morgan fingerprint density at radius 2 is 1.90 bits per heavy atom. The van der Waals surface area contributed by atoms with Gasteiger partial charge in [-0.1, -0.05) is 29.8 Å². The first-order valence-electron chi connectivity index (χ1n) is 5.98. The number of hydrogen-bond acceptors (Lipinski definition) is 3. The molecule has 1 aromatic carbocycles. The summed E-state index contributed by atoms with van der Waals surface area (Å²) in [5, 5.41) is 14.3. The molecule has 6 heteroatoms. The second kappa shape index (κ2) is 4.34. The molecule has 0 radical (unpaired) electrons. The Morgan fingerprint density at radius 1 is 1.20 bits per heavy atom. The van der Waals surface area contributed by atoms with Crippen molar-refractivity contribution in [1.82, 2.24) is 15.2 Å². The van der Waals surface area contributed by atoms with Gasteiger partial charge in [0.05, 0.1) is 16.6 Å². The van der Waals surface area contributed by atoms with Crippen molar-refractivity contribution >= 4 is 17.0 Å². The standard InChI is InChI=1S/C14H11N3O3/c1-7-2-4-8(5-3-7)10-6-9(14(19)20)11-12(15-10)16-17-13(11)18/h2-6H,1H3,(H,19,20)(H2,15,16,17,18). The SMILES string of the molecule is Cc1ccc(-c2cc(C(=O)O)c3c(=O)[nH][nH]c3n2)cc1. The highest BCUT2D eigenvalue weighted by Crippen LogP contribution is 2.22. The van der Waals surface area contributed by atoms with Crippen LogP contribution in [0.3, 0.4) is 0 Å². The molecule has 0 aliphatic heterocycles. The Bertz CT molecular complexity index is 859. The highest BCUT2D eigenvalue weighted by Gasteiger charge is 2.16. The van der Waals surface area contributed by atoms with Crippen LogP contribution in [0.4, 0.5) is 0 Å². The second-order valence-corrected chi connectivity index (χ2v) is 4.53. The third kappa shape index (κ3) is 1.87. The zero-order valence-corrected chi connectivity index (χ0v) is 10.6. The highest BCUT2D eigenvalue weighted by atomic mass is 16.4. The molecule has 0 spiro atoms. The van der Waals surface area contributed by atoms with Crippen molar-refractivity contribution in [2.45, 2.75) is 6.92 Å². The number of hydrogen-bond donors (Lipinski definition) is 3. The summed E-state index contributed by atoms with van der Waals surface area (Å²) >= 11 is 0. The fourth-order valence-corrected chi connectivity index (χ4v) is 2.08. The number of nitrogens with one attached hydrogen (secondary N) is 2. The van der Waals surface area contributed by atoms with Gasteiger partial charge in [-0.05, 0) is 13.0 Å². The number of aryl methyl sites for hydroxylation is 1. The molecule has 3 rings (SSSR count). The van der Waals surface area contributed by atoms with Crippen LogP contribution in [-0.4, -0.2) is 26.3 Å². The second-order valence-electron chi connectivity index (χ2n) is 4.53. The normalized spacial score (nSPS) is 10.8. The van der Waals surface area contributed by atoms with E-state index >= 15 is 0 Å². The van der Waals surface area contributed by atoms with E-state index in [1.54, 1.807) is 0 Å². The number of aromatic carboxylic acids is 1. The van der Waals surface area contributed by atoms with Crippen LogP contribution in [0.5, 0.6) is 0 Å². The Hall–Kier alpha value is -2.89. The van der Waals surface area contributed by atoms with Crippen molar-refractivity contribution in [1.29, 1.82) is 0 Å². The molecule has 2 heterocycles. The molecule has 0 aliphatic rings. The van der Waals surface area contributed by atoms with Crippen molar-refractivity contribution in [3.05, 3.63) is 51.8 Å². The zero-order chi connectivity index (χ0) is 14.3. The largest absolute Gasteiger partial charge is 0.478 e.